The van der Waals surface area contributed by atoms with Gasteiger partial charge in [-0.2, -0.15) is 5.26 Å². The molecule has 0 amide bonds. The van der Waals surface area contributed by atoms with Crippen molar-refractivity contribution in [3.8, 4) is 6.07 Å². The maximum Gasteiger partial charge on any atom is 0.328 e. The number of carboxylic acids is 1. The van der Waals surface area contributed by atoms with Gasteiger partial charge in [0.1, 0.15) is 0 Å². The number of hydrogen-bond donors (Lipinski definition) is 2. The maximum atomic E-state index is 10.4. The lowest BCUT2D eigenvalue weighted by atomic mass is 10.1. The molecule has 0 aliphatic rings. The molecule has 5 nitrogen and oxygen atoms in total. The second kappa shape index (κ2) is 3.87. The number of benzene rings is 1. The van der Waals surface area contributed by atoms with Crippen LogP contribution < -0.4 is 0 Å². The number of rotatable bonds is 2. The Hall–Kier alpha value is -2.61. The van der Waals surface area contributed by atoms with E-state index in [1.807, 2.05) is 6.07 Å². The highest BCUT2D eigenvalue weighted by Crippen LogP contribution is 2.18. The Morgan fingerprint density at radius 2 is 2.38 bits per heavy atom. The summed E-state index contributed by atoms with van der Waals surface area (Å²) in [5.41, 5.74) is 2.43. The molecule has 1 aromatic heterocycles. The number of nitrogens with zero attached hydrogens (tertiary/aromatic N) is 2. The SMILES string of the molecule is N#Cc1cc(C=CC(=O)O)c2nc[nH]c2c1. The first kappa shape index (κ1) is 9.93. The van der Waals surface area contributed by atoms with E-state index in [9.17, 15) is 4.79 Å². The number of fused-ring (bicyclic) bond motifs is 1. The number of nitrogens with one attached hydrogen (secondary N) is 1. The minimum absolute atomic E-state index is 0.460. The normalized spacial score (nSPS) is 10.7. The summed E-state index contributed by atoms with van der Waals surface area (Å²) in [7, 11) is 0. The van der Waals surface area contributed by atoms with Gasteiger partial charge in [-0.1, -0.05) is 0 Å². The molecule has 0 bridgehead atoms. The Balaban J connectivity index is 2.62. The van der Waals surface area contributed by atoms with Crippen LogP contribution in [0.25, 0.3) is 17.1 Å². The van der Waals surface area contributed by atoms with E-state index in [-0.39, 0.29) is 0 Å². The molecule has 1 aromatic carbocycles. The number of carbonyl (C=O) groups is 1. The topological polar surface area (TPSA) is 89.8 Å². The van der Waals surface area contributed by atoms with Gasteiger partial charge in [0.05, 0.1) is 29.0 Å². The van der Waals surface area contributed by atoms with Crippen LogP contribution in [0.15, 0.2) is 24.5 Å². The predicted molar refractivity (Wildman–Crippen MR) is 57.5 cm³/mol. The molecule has 0 aliphatic heterocycles. The quantitative estimate of drug-likeness (QED) is 0.740. The summed E-state index contributed by atoms with van der Waals surface area (Å²) in [5.74, 6) is -1.04. The Kier molecular flexibility index (Phi) is 2.40. The second-order valence-corrected chi connectivity index (χ2v) is 3.15. The fourth-order valence-electron chi connectivity index (χ4n) is 1.43. The van der Waals surface area contributed by atoms with E-state index in [2.05, 4.69) is 9.97 Å². The Morgan fingerprint density at radius 1 is 1.56 bits per heavy atom. The minimum atomic E-state index is -1.04. The van der Waals surface area contributed by atoms with Crippen molar-refractivity contribution in [1.82, 2.24) is 9.97 Å². The number of hydrogen-bond acceptors (Lipinski definition) is 3. The van der Waals surface area contributed by atoms with Crippen molar-refractivity contribution in [3.05, 3.63) is 35.7 Å². The molecule has 2 rings (SSSR count). The molecule has 1 heterocycles. The van der Waals surface area contributed by atoms with E-state index in [0.717, 1.165) is 6.08 Å². The minimum Gasteiger partial charge on any atom is -0.478 e. The molecule has 0 unspecified atom stereocenters. The van der Waals surface area contributed by atoms with Crippen molar-refractivity contribution in [2.24, 2.45) is 0 Å². The van der Waals surface area contributed by atoms with E-state index in [1.54, 1.807) is 12.1 Å². The van der Waals surface area contributed by atoms with Gasteiger partial charge in [-0.25, -0.2) is 9.78 Å². The number of imidazole rings is 1. The predicted octanol–water partition coefficient (Wildman–Crippen LogP) is 1.53. The molecule has 0 radical (unpaired) electrons. The van der Waals surface area contributed by atoms with Crippen LogP contribution in [0, 0.1) is 11.3 Å². The Bertz CT molecular complexity index is 620. The van der Waals surface area contributed by atoms with Gasteiger partial charge in [-0.05, 0) is 18.2 Å². The average Bonchev–Trinajstić information content (AvgIpc) is 2.73. The summed E-state index contributed by atoms with van der Waals surface area (Å²) < 4.78 is 0. The zero-order valence-electron chi connectivity index (χ0n) is 8.14. The number of carboxylic acid groups (broad SMARTS) is 1. The summed E-state index contributed by atoms with van der Waals surface area (Å²) in [4.78, 5) is 17.4. The van der Waals surface area contributed by atoms with E-state index in [4.69, 9.17) is 10.4 Å². The van der Waals surface area contributed by atoms with Crippen molar-refractivity contribution in [2.75, 3.05) is 0 Å². The monoisotopic (exact) mass is 213 g/mol. The molecule has 0 saturated heterocycles. The van der Waals surface area contributed by atoms with E-state index in [0.29, 0.717) is 22.2 Å². The van der Waals surface area contributed by atoms with Crippen LogP contribution in [0.1, 0.15) is 11.1 Å². The fraction of sp³-hybridized carbons (Fsp3) is 0. The lowest BCUT2D eigenvalue weighted by Crippen LogP contribution is -1.87. The van der Waals surface area contributed by atoms with E-state index < -0.39 is 5.97 Å². The second-order valence-electron chi connectivity index (χ2n) is 3.15. The van der Waals surface area contributed by atoms with Gasteiger partial charge in [0.25, 0.3) is 0 Å². The lowest BCUT2D eigenvalue weighted by molar-refractivity contribution is -0.131. The van der Waals surface area contributed by atoms with Gasteiger partial charge in [0, 0.05) is 11.6 Å². The first-order valence-corrected chi connectivity index (χ1v) is 4.49. The highest BCUT2D eigenvalue weighted by molar-refractivity contribution is 5.91. The van der Waals surface area contributed by atoms with Crippen LogP contribution in [0.4, 0.5) is 0 Å². The van der Waals surface area contributed by atoms with Crippen LogP contribution in [0.2, 0.25) is 0 Å². The molecule has 0 aliphatic carbocycles. The van der Waals surface area contributed by atoms with Crippen LogP contribution in [0.3, 0.4) is 0 Å². The number of H-pyrrole nitrogens is 1. The summed E-state index contributed by atoms with van der Waals surface area (Å²) >= 11 is 0. The largest absolute Gasteiger partial charge is 0.478 e. The van der Waals surface area contributed by atoms with Gasteiger partial charge in [0.2, 0.25) is 0 Å². The Morgan fingerprint density at radius 3 is 3.06 bits per heavy atom. The number of nitriles is 1. The molecular weight excluding hydrogens is 206 g/mol. The third-order valence-electron chi connectivity index (χ3n) is 2.09. The molecule has 2 N–H and O–H groups in total. The highest BCUT2D eigenvalue weighted by atomic mass is 16.4. The van der Waals surface area contributed by atoms with Crippen LogP contribution in [0.5, 0.6) is 0 Å². The Labute approximate surface area is 90.7 Å². The van der Waals surface area contributed by atoms with Gasteiger partial charge in [-0.3, -0.25) is 0 Å². The summed E-state index contributed by atoms with van der Waals surface area (Å²) in [6.45, 7) is 0. The molecule has 78 valence electrons. The molecule has 16 heavy (non-hydrogen) atoms. The van der Waals surface area contributed by atoms with Crippen LogP contribution in [-0.2, 0) is 4.79 Å². The van der Waals surface area contributed by atoms with Gasteiger partial charge >= 0.3 is 5.97 Å². The van der Waals surface area contributed by atoms with Crippen LogP contribution >= 0.6 is 0 Å². The average molecular weight is 213 g/mol. The molecular formula is C11H7N3O2. The van der Waals surface area contributed by atoms with E-state index in [1.165, 1.54) is 12.4 Å². The zero-order valence-corrected chi connectivity index (χ0v) is 8.14. The van der Waals surface area contributed by atoms with E-state index >= 15 is 0 Å². The first-order valence-electron chi connectivity index (χ1n) is 4.49. The van der Waals surface area contributed by atoms with Crippen molar-refractivity contribution >= 4 is 23.1 Å². The molecule has 0 saturated carbocycles. The number of aromatic amines is 1. The molecule has 0 fully saturated rings. The fourth-order valence-corrected chi connectivity index (χ4v) is 1.43. The molecule has 2 aromatic rings. The van der Waals surface area contributed by atoms with Crippen molar-refractivity contribution in [1.29, 1.82) is 5.26 Å². The number of aromatic nitrogens is 2. The van der Waals surface area contributed by atoms with Crippen molar-refractivity contribution < 1.29 is 9.90 Å². The summed E-state index contributed by atoms with van der Waals surface area (Å²) in [6, 6.07) is 5.27. The standard InChI is InChI=1S/C11H7N3O2/c12-5-7-3-8(1-2-10(15)16)11-9(4-7)13-6-14-11/h1-4,6H,(H,13,14)(H,15,16). The lowest BCUT2D eigenvalue weighted by Gasteiger charge is -1.96. The first-order chi connectivity index (χ1) is 7.70. The number of aliphatic carboxylic acids is 1. The molecule has 0 atom stereocenters. The third-order valence-corrected chi connectivity index (χ3v) is 2.09. The van der Waals surface area contributed by atoms with Crippen molar-refractivity contribution in [2.45, 2.75) is 0 Å². The molecule has 5 heteroatoms. The van der Waals surface area contributed by atoms with Gasteiger partial charge in [-0.15, -0.1) is 0 Å². The maximum absolute atomic E-state index is 10.4. The highest BCUT2D eigenvalue weighted by Gasteiger charge is 2.04. The van der Waals surface area contributed by atoms with Gasteiger partial charge < -0.3 is 10.1 Å². The van der Waals surface area contributed by atoms with Crippen molar-refractivity contribution in [3.63, 3.8) is 0 Å². The van der Waals surface area contributed by atoms with Gasteiger partial charge in [0.15, 0.2) is 0 Å². The third kappa shape index (κ3) is 1.77. The molecule has 0 spiro atoms. The van der Waals surface area contributed by atoms with Crippen LogP contribution in [-0.4, -0.2) is 21.0 Å². The summed E-state index contributed by atoms with van der Waals surface area (Å²) in [5, 5.41) is 17.4. The zero-order chi connectivity index (χ0) is 11.5. The smallest absolute Gasteiger partial charge is 0.328 e. The summed E-state index contributed by atoms with van der Waals surface area (Å²) in [6.07, 6.45) is 3.95.